The first-order chi connectivity index (χ1) is 7.41. The fraction of sp³-hybridized carbons (Fsp3) is 1.00. The van der Waals surface area contributed by atoms with Crippen LogP contribution in [-0.4, -0.2) is 61.7 Å². The summed E-state index contributed by atoms with van der Waals surface area (Å²) in [7, 11) is 4.31. The molecular weight excluding hydrogens is 198 g/mol. The topological polar surface area (TPSA) is 18.5 Å². The molecule has 0 radical (unpaired) electrons. The summed E-state index contributed by atoms with van der Waals surface area (Å²) >= 11 is 0. The molecule has 1 fully saturated rings. The molecule has 1 rings (SSSR count). The maximum Gasteiger partial charge on any atom is 0.0252 e. The van der Waals surface area contributed by atoms with Gasteiger partial charge in [-0.2, -0.15) is 0 Å². The van der Waals surface area contributed by atoms with Crippen molar-refractivity contribution in [1.29, 1.82) is 0 Å². The molecule has 0 bridgehead atoms. The van der Waals surface area contributed by atoms with Crippen molar-refractivity contribution in [1.82, 2.24) is 15.1 Å². The average Bonchev–Trinajstić information content (AvgIpc) is 2.35. The van der Waals surface area contributed by atoms with E-state index in [0.717, 1.165) is 6.54 Å². The number of hydrogen-bond donors (Lipinski definition) is 1. The van der Waals surface area contributed by atoms with Gasteiger partial charge in [-0.25, -0.2) is 0 Å². The van der Waals surface area contributed by atoms with Crippen LogP contribution in [0.5, 0.6) is 0 Å². The molecule has 0 aliphatic carbocycles. The third-order valence-electron chi connectivity index (χ3n) is 3.44. The second kappa shape index (κ2) is 5.99. The van der Waals surface area contributed by atoms with Crippen LogP contribution in [0.4, 0.5) is 0 Å². The van der Waals surface area contributed by atoms with Crippen LogP contribution in [0.2, 0.25) is 0 Å². The highest BCUT2D eigenvalue weighted by Crippen LogP contribution is 2.14. The molecule has 0 aromatic carbocycles. The van der Waals surface area contributed by atoms with E-state index in [2.05, 4.69) is 50.0 Å². The van der Waals surface area contributed by atoms with Crippen LogP contribution in [0.3, 0.4) is 0 Å². The Kier molecular flexibility index (Phi) is 5.22. The van der Waals surface area contributed by atoms with Gasteiger partial charge in [0.25, 0.3) is 0 Å². The van der Waals surface area contributed by atoms with Crippen LogP contribution >= 0.6 is 0 Å². The minimum atomic E-state index is 0.267. The van der Waals surface area contributed by atoms with Crippen molar-refractivity contribution in [3.63, 3.8) is 0 Å². The minimum Gasteiger partial charge on any atom is -0.310 e. The van der Waals surface area contributed by atoms with Crippen LogP contribution in [0, 0.1) is 0 Å². The van der Waals surface area contributed by atoms with Gasteiger partial charge in [0, 0.05) is 18.1 Å². The van der Waals surface area contributed by atoms with Crippen molar-refractivity contribution in [2.75, 3.05) is 40.3 Å². The van der Waals surface area contributed by atoms with Gasteiger partial charge in [-0.05, 0) is 67.3 Å². The minimum absolute atomic E-state index is 0.267. The van der Waals surface area contributed by atoms with Crippen molar-refractivity contribution in [2.45, 2.75) is 45.2 Å². The second-order valence-corrected chi connectivity index (χ2v) is 6.08. The highest BCUT2D eigenvalue weighted by Gasteiger charge is 2.26. The van der Waals surface area contributed by atoms with Gasteiger partial charge >= 0.3 is 0 Å². The molecule has 0 spiro atoms. The number of rotatable bonds is 4. The van der Waals surface area contributed by atoms with Gasteiger partial charge in [0.2, 0.25) is 0 Å². The number of nitrogens with one attached hydrogen (secondary N) is 1. The van der Waals surface area contributed by atoms with E-state index in [9.17, 15) is 0 Å². The first-order valence-corrected chi connectivity index (χ1v) is 6.54. The number of hydrogen-bond acceptors (Lipinski definition) is 3. The van der Waals surface area contributed by atoms with Crippen molar-refractivity contribution < 1.29 is 0 Å². The summed E-state index contributed by atoms with van der Waals surface area (Å²) in [5, 5.41) is 3.62. The lowest BCUT2D eigenvalue weighted by Crippen LogP contribution is -2.48. The Labute approximate surface area is 101 Å². The van der Waals surface area contributed by atoms with Crippen LogP contribution in [-0.2, 0) is 0 Å². The van der Waals surface area contributed by atoms with Crippen LogP contribution in [0.1, 0.15) is 33.6 Å². The third kappa shape index (κ3) is 4.81. The van der Waals surface area contributed by atoms with E-state index in [-0.39, 0.29) is 5.54 Å². The van der Waals surface area contributed by atoms with Gasteiger partial charge in [0.15, 0.2) is 0 Å². The Balaban J connectivity index is 2.44. The summed E-state index contributed by atoms with van der Waals surface area (Å²) in [6, 6.07) is 0.696. The molecule has 3 nitrogen and oxygen atoms in total. The normalized spacial score (nSPS) is 24.4. The standard InChI is InChI=1S/C13H29N3/c1-12(7-10-15(4)5)16-9-6-8-14-13(2,3)11-16/h12,14H,6-11H2,1-5H3. The molecule has 16 heavy (non-hydrogen) atoms. The Morgan fingerprint density at radius 1 is 1.38 bits per heavy atom. The van der Waals surface area contributed by atoms with Gasteiger partial charge < -0.3 is 10.2 Å². The highest BCUT2D eigenvalue weighted by molar-refractivity contribution is 4.86. The lowest BCUT2D eigenvalue weighted by molar-refractivity contribution is 0.163. The monoisotopic (exact) mass is 227 g/mol. The fourth-order valence-electron chi connectivity index (χ4n) is 2.36. The fourth-order valence-corrected chi connectivity index (χ4v) is 2.36. The molecule has 1 heterocycles. The zero-order chi connectivity index (χ0) is 12.2. The molecule has 0 saturated carbocycles. The largest absolute Gasteiger partial charge is 0.310 e. The summed E-state index contributed by atoms with van der Waals surface area (Å²) < 4.78 is 0. The van der Waals surface area contributed by atoms with E-state index in [4.69, 9.17) is 0 Å². The van der Waals surface area contributed by atoms with Crippen molar-refractivity contribution in [2.24, 2.45) is 0 Å². The van der Waals surface area contributed by atoms with Crippen LogP contribution in [0.25, 0.3) is 0 Å². The van der Waals surface area contributed by atoms with Gasteiger partial charge in [-0.1, -0.05) is 0 Å². The molecule has 1 N–H and O–H groups in total. The summed E-state index contributed by atoms with van der Waals surface area (Å²) in [5.74, 6) is 0. The maximum atomic E-state index is 3.62. The molecule has 1 saturated heterocycles. The smallest absolute Gasteiger partial charge is 0.0252 e. The number of nitrogens with zero attached hydrogens (tertiary/aromatic N) is 2. The maximum absolute atomic E-state index is 3.62. The molecule has 1 unspecified atom stereocenters. The van der Waals surface area contributed by atoms with E-state index in [0.29, 0.717) is 6.04 Å². The SMILES string of the molecule is CC(CCN(C)C)N1CCCNC(C)(C)C1. The molecular formula is C13H29N3. The summed E-state index contributed by atoms with van der Waals surface area (Å²) in [4.78, 5) is 4.92. The molecule has 0 aromatic heterocycles. The molecule has 1 aliphatic rings. The zero-order valence-corrected chi connectivity index (χ0v) is 11.7. The van der Waals surface area contributed by atoms with Gasteiger partial charge in [0.05, 0.1) is 0 Å². The molecule has 0 aromatic rings. The van der Waals surface area contributed by atoms with E-state index in [1.807, 2.05) is 0 Å². The highest BCUT2D eigenvalue weighted by atomic mass is 15.2. The summed E-state index contributed by atoms with van der Waals surface area (Å²) in [6.07, 6.45) is 2.54. The van der Waals surface area contributed by atoms with Crippen molar-refractivity contribution >= 4 is 0 Å². The first kappa shape index (κ1) is 13.9. The third-order valence-corrected chi connectivity index (χ3v) is 3.44. The summed E-state index contributed by atoms with van der Waals surface area (Å²) in [6.45, 7) is 11.7. The van der Waals surface area contributed by atoms with Crippen LogP contribution in [0.15, 0.2) is 0 Å². The Morgan fingerprint density at radius 2 is 2.06 bits per heavy atom. The van der Waals surface area contributed by atoms with Gasteiger partial charge in [-0.3, -0.25) is 4.90 Å². The van der Waals surface area contributed by atoms with E-state index in [1.54, 1.807) is 0 Å². The van der Waals surface area contributed by atoms with Crippen molar-refractivity contribution in [3.8, 4) is 0 Å². The van der Waals surface area contributed by atoms with Crippen LogP contribution < -0.4 is 5.32 Å². The Bertz CT molecular complexity index is 201. The molecule has 1 aliphatic heterocycles. The van der Waals surface area contributed by atoms with Gasteiger partial charge in [-0.15, -0.1) is 0 Å². The average molecular weight is 227 g/mol. The molecule has 1 atom stereocenters. The van der Waals surface area contributed by atoms with E-state index in [1.165, 1.54) is 32.5 Å². The lowest BCUT2D eigenvalue weighted by Gasteiger charge is -2.34. The Hall–Kier alpha value is -0.120. The first-order valence-electron chi connectivity index (χ1n) is 6.54. The van der Waals surface area contributed by atoms with Gasteiger partial charge in [0.1, 0.15) is 0 Å². The van der Waals surface area contributed by atoms with E-state index < -0.39 is 0 Å². The quantitative estimate of drug-likeness (QED) is 0.783. The lowest BCUT2D eigenvalue weighted by atomic mass is 10.0. The Morgan fingerprint density at radius 3 is 2.69 bits per heavy atom. The molecule has 3 heteroatoms. The molecule has 0 amide bonds. The second-order valence-electron chi connectivity index (χ2n) is 6.08. The summed E-state index contributed by atoms with van der Waals surface area (Å²) in [5.41, 5.74) is 0.267. The molecule has 96 valence electrons. The van der Waals surface area contributed by atoms with E-state index >= 15 is 0 Å². The van der Waals surface area contributed by atoms with Crippen molar-refractivity contribution in [3.05, 3.63) is 0 Å². The predicted octanol–water partition coefficient (Wildman–Crippen LogP) is 1.40. The zero-order valence-electron chi connectivity index (χ0n) is 11.7. The predicted molar refractivity (Wildman–Crippen MR) is 70.9 cm³/mol.